The van der Waals surface area contributed by atoms with Crippen molar-refractivity contribution in [2.75, 3.05) is 6.61 Å². The van der Waals surface area contributed by atoms with E-state index in [1.165, 1.54) is 161 Å². The average molecular weight is 706 g/mol. The van der Waals surface area contributed by atoms with E-state index >= 15 is 0 Å². The maximum absolute atomic E-state index is 12.4. The van der Waals surface area contributed by atoms with Gasteiger partial charge in [0, 0.05) is 6.42 Å². The van der Waals surface area contributed by atoms with Gasteiger partial charge in [0.05, 0.1) is 18.8 Å². The quantitative estimate of drug-likeness (QED) is 0.0377. The van der Waals surface area contributed by atoms with Crippen molar-refractivity contribution in [3.05, 3.63) is 24.3 Å². The Bertz CT molecular complexity index is 739. The molecule has 0 fully saturated rings. The number of carbonyl (C=O) groups excluding carboxylic acids is 1. The molecule has 0 aromatic rings. The van der Waals surface area contributed by atoms with E-state index in [2.05, 4.69) is 43.5 Å². The van der Waals surface area contributed by atoms with Crippen LogP contribution in [0.4, 0.5) is 0 Å². The maximum Gasteiger partial charge on any atom is 0.220 e. The van der Waals surface area contributed by atoms with Crippen molar-refractivity contribution in [1.29, 1.82) is 0 Å². The Morgan fingerprint density at radius 2 is 0.820 bits per heavy atom. The van der Waals surface area contributed by atoms with Crippen LogP contribution in [0.3, 0.4) is 0 Å². The Labute approximate surface area is 312 Å². The third-order valence-electron chi connectivity index (χ3n) is 10.3. The molecule has 3 unspecified atom stereocenters. The lowest BCUT2D eigenvalue weighted by atomic mass is 10.0. The van der Waals surface area contributed by atoms with E-state index in [1.807, 2.05) is 0 Å². The number of aliphatic hydroxyl groups is 3. The number of hydrogen-bond acceptors (Lipinski definition) is 4. The molecular weight excluding hydrogens is 618 g/mol. The van der Waals surface area contributed by atoms with E-state index in [9.17, 15) is 20.1 Å². The van der Waals surface area contributed by atoms with Crippen LogP contribution in [-0.2, 0) is 4.79 Å². The number of unbranched alkanes of at least 4 members (excludes halogenated alkanes) is 28. The number of carbonyl (C=O) groups is 1. The molecule has 0 saturated heterocycles. The molecular formula is C45H87NO4. The lowest BCUT2D eigenvalue weighted by molar-refractivity contribution is -0.124. The van der Waals surface area contributed by atoms with Gasteiger partial charge in [-0.15, -0.1) is 0 Å². The van der Waals surface area contributed by atoms with Gasteiger partial charge < -0.3 is 20.6 Å². The summed E-state index contributed by atoms with van der Waals surface area (Å²) in [5, 5.41) is 33.5. The predicted octanol–water partition coefficient (Wildman–Crippen LogP) is 12.6. The minimum Gasteiger partial charge on any atom is -0.394 e. The zero-order valence-corrected chi connectivity index (χ0v) is 33.5. The molecule has 296 valence electrons. The van der Waals surface area contributed by atoms with Crippen LogP contribution in [0.25, 0.3) is 0 Å². The summed E-state index contributed by atoms with van der Waals surface area (Å²) in [7, 11) is 0. The number of aliphatic hydroxyl groups excluding tert-OH is 3. The molecule has 0 aliphatic rings. The highest BCUT2D eigenvalue weighted by atomic mass is 16.3. The van der Waals surface area contributed by atoms with Crippen molar-refractivity contribution >= 4 is 5.91 Å². The summed E-state index contributed by atoms with van der Waals surface area (Å²) in [4.78, 5) is 12.4. The standard InChI is InChI=1S/C45H87NO4/c1-3-5-7-9-11-13-15-17-19-21-23-25-27-29-31-33-35-37-39-43(48)45(50)42(41-47)46-44(49)40-38-36-34-32-30-28-26-24-22-20-18-16-14-12-10-8-6-4-2/h23,25,31,33,42-43,45,47-48,50H,3-22,24,26-30,32,34-41H2,1-2H3,(H,46,49)/b25-23+,33-31+. The van der Waals surface area contributed by atoms with Gasteiger partial charge in [-0.3, -0.25) is 4.79 Å². The molecule has 1 amide bonds. The van der Waals surface area contributed by atoms with Crippen molar-refractivity contribution in [1.82, 2.24) is 5.32 Å². The summed E-state index contributed by atoms with van der Waals surface area (Å²) < 4.78 is 0. The molecule has 50 heavy (non-hydrogen) atoms. The monoisotopic (exact) mass is 706 g/mol. The molecule has 0 aliphatic carbocycles. The molecule has 0 rings (SSSR count). The molecule has 0 radical (unpaired) electrons. The number of rotatable bonds is 40. The third kappa shape index (κ3) is 35.2. The van der Waals surface area contributed by atoms with Crippen molar-refractivity contribution < 1.29 is 20.1 Å². The molecule has 4 N–H and O–H groups in total. The normalized spacial score (nSPS) is 13.8. The second kappa shape index (κ2) is 40.6. The van der Waals surface area contributed by atoms with Crippen LogP contribution in [-0.4, -0.2) is 46.1 Å². The zero-order valence-electron chi connectivity index (χ0n) is 33.5. The largest absolute Gasteiger partial charge is 0.394 e. The van der Waals surface area contributed by atoms with Crippen molar-refractivity contribution in [2.45, 2.75) is 250 Å². The van der Waals surface area contributed by atoms with E-state index in [1.54, 1.807) is 0 Å². The Hall–Kier alpha value is -1.17. The average Bonchev–Trinajstić information content (AvgIpc) is 3.12. The summed E-state index contributed by atoms with van der Waals surface area (Å²) in [6.45, 7) is 4.17. The molecule has 5 nitrogen and oxygen atoms in total. The van der Waals surface area contributed by atoms with E-state index in [4.69, 9.17) is 0 Å². The van der Waals surface area contributed by atoms with Gasteiger partial charge >= 0.3 is 0 Å². The lowest BCUT2D eigenvalue weighted by Crippen LogP contribution is -2.50. The lowest BCUT2D eigenvalue weighted by Gasteiger charge is -2.26. The van der Waals surface area contributed by atoms with Crippen molar-refractivity contribution in [3.63, 3.8) is 0 Å². The first-order valence-electron chi connectivity index (χ1n) is 22.1. The van der Waals surface area contributed by atoms with Gasteiger partial charge in [-0.2, -0.15) is 0 Å². The Balaban J connectivity index is 3.68. The zero-order chi connectivity index (χ0) is 36.6. The van der Waals surface area contributed by atoms with Crippen LogP contribution in [0.2, 0.25) is 0 Å². The first kappa shape index (κ1) is 48.8. The molecule has 0 aromatic heterocycles. The van der Waals surface area contributed by atoms with Crippen LogP contribution in [0, 0.1) is 0 Å². The van der Waals surface area contributed by atoms with Crippen molar-refractivity contribution in [3.8, 4) is 0 Å². The highest BCUT2D eigenvalue weighted by molar-refractivity contribution is 5.76. The minimum atomic E-state index is -1.16. The smallest absolute Gasteiger partial charge is 0.220 e. The van der Waals surface area contributed by atoms with Gasteiger partial charge in [0.2, 0.25) is 5.91 Å². The molecule has 0 aliphatic heterocycles. The van der Waals surface area contributed by atoms with Gasteiger partial charge in [-0.1, -0.05) is 199 Å². The van der Waals surface area contributed by atoms with Crippen LogP contribution in [0.15, 0.2) is 24.3 Å². The number of allylic oxidation sites excluding steroid dienone is 4. The second-order valence-electron chi connectivity index (χ2n) is 15.2. The molecule has 0 spiro atoms. The summed E-state index contributed by atoms with van der Waals surface area (Å²) in [5.41, 5.74) is 0. The van der Waals surface area contributed by atoms with Gasteiger partial charge in [0.1, 0.15) is 6.10 Å². The fourth-order valence-corrected chi connectivity index (χ4v) is 6.83. The highest BCUT2D eigenvalue weighted by Crippen LogP contribution is 2.16. The molecule has 3 atom stereocenters. The fraction of sp³-hybridized carbons (Fsp3) is 0.889. The second-order valence-corrected chi connectivity index (χ2v) is 15.2. The summed E-state index contributed by atoms with van der Waals surface area (Å²) in [5.74, 6) is -0.156. The number of amides is 1. The SMILES string of the molecule is CCCCCCCCCCC/C=C/CC/C=C/CCCC(O)C(O)C(CO)NC(=O)CCCCCCCCCCCCCCCCCCCC. The topological polar surface area (TPSA) is 89.8 Å². The van der Waals surface area contributed by atoms with Gasteiger partial charge in [-0.25, -0.2) is 0 Å². The van der Waals surface area contributed by atoms with E-state index in [0.29, 0.717) is 12.8 Å². The van der Waals surface area contributed by atoms with E-state index < -0.39 is 18.2 Å². The predicted molar refractivity (Wildman–Crippen MR) is 218 cm³/mol. The maximum atomic E-state index is 12.4. The molecule has 0 saturated carbocycles. The molecule has 0 aromatic carbocycles. The fourth-order valence-electron chi connectivity index (χ4n) is 6.83. The van der Waals surface area contributed by atoms with Gasteiger partial charge in [-0.05, 0) is 51.4 Å². The van der Waals surface area contributed by atoms with Gasteiger partial charge in [0.25, 0.3) is 0 Å². The summed E-state index contributed by atoms with van der Waals surface area (Å²) >= 11 is 0. The van der Waals surface area contributed by atoms with Crippen molar-refractivity contribution in [2.24, 2.45) is 0 Å². The minimum absolute atomic E-state index is 0.156. The Kier molecular flexibility index (Phi) is 39.6. The van der Waals surface area contributed by atoms with Crippen LogP contribution in [0.5, 0.6) is 0 Å². The summed E-state index contributed by atoms with van der Waals surface area (Å²) in [6.07, 6.45) is 48.6. The molecule has 5 heteroatoms. The van der Waals surface area contributed by atoms with Crippen LogP contribution in [0.1, 0.15) is 232 Å². The Morgan fingerprint density at radius 1 is 0.480 bits per heavy atom. The van der Waals surface area contributed by atoms with E-state index in [0.717, 1.165) is 44.9 Å². The molecule has 0 bridgehead atoms. The number of hydrogen-bond donors (Lipinski definition) is 4. The van der Waals surface area contributed by atoms with Crippen LogP contribution >= 0.6 is 0 Å². The first-order chi connectivity index (χ1) is 24.6. The first-order valence-corrected chi connectivity index (χ1v) is 22.1. The van der Waals surface area contributed by atoms with Gasteiger partial charge in [0.15, 0.2) is 0 Å². The summed E-state index contributed by atoms with van der Waals surface area (Å²) in [6, 6.07) is -0.828. The van der Waals surface area contributed by atoms with E-state index in [-0.39, 0.29) is 12.5 Å². The number of nitrogens with one attached hydrogen (secondary N) is 1. The highest BCUT2D eigenvalue weighted by Gasteiger charge is 2.26. The molecule has 0 heterocycles. The third-order valence-corrected chi connectivity index (χ3v) is 10.3. The van der Waals surface area contributed by atoms with Crippen LogP contribution < -0.4 is 5.32 Å². The Morgan fingerprint density at radius 3 is 1.22 bits per heavy atom.